The SMILES string of the molecule is CCOC(=O)C1=C(c2ccccc2)N=c2s/c(=C/c3ccc(OCC(=O)N4CCCC4)c(OC)c3)c(=O)n2[C@@H]1c1ccc(OC)c(OC)c1. The highest BCUT2D eigenvalue weighted by Gasteiger charge is 2.35. The minimum atomic E-state index is -0.883. The van der Waals surface area contributed by atoms with E-state index >= 15 is 0 Å². The topological polar surface area (TPSA) is 118 Å². The van der Waals surface area contributed by atoms with Gasteiger partial charge in [0.05, 0.1) is 49.8 Å². The second kappa shape index (κ2) is 14.8. The molecule has 11 nitrogen and oxygen atoms in total. The minimum Gasteiger partial charge on any atom is -0.493 e. The Kier molecular flexibility index (Phi) is 10.1. The predicted octanol–water partition coefficient (Wildman–Crippen LogP) is 3.96. The molecule has 2 aliphatic rings. The van der Waals surface area contributed by atoms with E-state index in [0.717, 1.165) is 25.9 Å². The molecule has 12 heteroatoms. The molecular weight excluding hydrogens is 646 g/mol. The van der Waals surface area contributed by atoms with Crippen molar-refractivity contribution in [2.24, 2.45) is 4.99 Å². The molecule has 1 atom stereocenters. The van der Waals surface area contributed by atoms with Gasteiger partial charge in [0.25, 0.3) is 11.5 Å². The lowest BCUT2D eigenvalue weighted by Crippen LogP contribution is -2.40. The van der Waals surface area contributed by atoms with Gasteiger partial charge in [-0.15, -0.1) is 0 Å². The first kappa shape index (κ1) is 33.5. The van der Waals surface area contributed by atoms with Gasteiger partial charge >= 0.3 is 5.97 Å². The van der Waals surface area contributed by atoms with Crippen molar-refractivity contribution in [1.82, 2.24) is 9.47 Å². The van der Waals surface area contributed by atoms with E-state index in [9.17, 15) is 14.4 Å². The van der Waals surface area contributed by atoms with Gasteiger partial charge in [0, 0.05) is 18.7 Å². The first-order valence-electron chi connectivity index (χ1n) is 16.0. The molecule has 2 aliphatic heterocycles. The van der Waals surface area contributed by atoms with Gasteiger partial charge in [-0.05, 0) is 61.2 Å². The van der Waals surface area contributed by atoms with Crippen molar-refractivity contribution in [3.05, 3.63) is 109 Å². The number of carbonyl (C=O) groups is 2. The Bertz CT molecular complexity index is 2080. The average molecular weight is 684 g/mol. The molecule has 0 aliphatic carbocycles. The maximum Gasteiger partial charge on any atom is 0.338 e. The summed E-state index contributed by atoms with van der Waals surface area (Å²) in [6.45, 7) is 3.28. The number of methoxy groups -OCH3 is 3. The van der Waals surface area contributed by atoms with Gasteiger partial charge in [0.2, 0.25) is 0 Å². The lowest BCUT2D eigenvalue weighted by Gasteiger charge is -2.26. The second-order valence-corrected chi connectivity index (χ2v) is 12.3. The van der Waals surface area contributed by atoms with E-state index in [1.54, 1.807) is 61.4 Å². The van der Waals surface area contributed by atoms with Crippen molar-refractivity contribution in [2.45, 2.75) is 25.8 Å². The van der Waals surface area contributed by atoms with Gasteiger partial charge < -0.3 is 28.6 Å². The summed E-state index contributed by atoms with van der Waals surface area (Å²) in [4.78, 5) is 47.7. The number of nitrogens with zero attached hydrogens (tertiary/aromatic N) is 3. The number of aromatic nitrogens is 1. The van der Waals surface area contributed by atoms with Gasteiger partial charge in [-0.25, -0.2) is 9.79 Å². The number of rotatable bonds is 11. The zero-order valence-electron chi connectivity index (χ0n) is 27.8. The number of benzene rings is 3. The predicted molar refractivity (Wildman–Crippen MR) is 185 cm³/mol. The molecule has 0 N–H and O–H groups in total. The van der Waals surface area contributed by atoms with Crippen LogP contribution in [-0.2, 0) is 14.3 Å². The zero-order valence-corrected chi connectivity index (χ0v) is 28.6. The summed E-state index contributed by atoms with van der Waals surface area (Å²) in [5, 5.41) is 0. The van der Waals surface area contributed by atoms with Crippen LogP contribution in [0.4, 0.5) is 0 Å². The number of esters is 1. The Morgan fingerprint density at radius 3 is 2.29 bits per heavy atom. The summed E-state index contributed by atoms with van der Waals surface area (Å²) in [5.41, 5.74) is 2.30. The molecule has 1 amide bonds. The van der Waals surface area contributed by atoms with E-state index in [-0.39, 0.29) is 30.3 Å². The van der Waals surface area contributed by atoms with Crippen LogP contribution < -0.4 is 33.8 Å². The minimum absolute atomic E-state index is 0.0640. The molecule has 1 aromatic heterocycles. The lowest BCUT2D eigenvalue weighted by atomic mass is 9.93. The van der Waals surface area contributed by atoms with Crippen LogP contribution in [0.5, 0.6) is 23.0 Å². The molecule has 3 aromatic carbocycles. The summed E-state index contributed by atoms with van der Waals surface area (Å²) < 4.78 is 30.0. The number of likely N-dealkylation sites (tertiary alicyclic amines) is 1. The fraction of sp³-hybridized carbons (Fsp3) is 0.297. The number of fused-ring (bicyclic) bond motifs is 1. The summed E-state index contributed by atoms with van der Waals surface area (Å²) in [5.74, 6) is 1.16. The Labute approximate surface area is 287 Å². The van der Waals surface area contributed by atoms with Crippen LogP contribution in [0.2, 0.25) is 0 Å². The largest absolute Gasteiger partial charge is 0.493 e. The molecule has 0 spiro atoms. The fourth-order valence-corrected chi connectivity index (χ4v) is 7.02. The Morgan fingerprint density at radius 2 is 1.59 bits per heavy atom. The van der Waals surface area contributed by atoms with E-state index < -0.39 is 12.0 Å². The maximum absolute atomic E-state index is 14.3. The molecule has 1 saturated heterocycles. The number of ether oxygens (including phenoxy) is 5. The van der Waals surface area contributed by atoms with Crippen molar-refractivity contribution in [2.75, 3.05) is 47.6 Å². The molecular formula is C37H37N3O8S. The van der Waals surface area contributed by atoms with Crippen LogP contribution in [0.1, 0.15) is 42.5 Å². The Hall–Kier alpha value is -5.36. The standard InChI is InChI=1S/C37H37N3O8S/c1-5-47-36(43)32-33(24-11-7-6-8-12-24)38-37-40(34(32)25-14-16-26(44-2)29(21-25)46-4)35(42)30(49-37)20-23-13-15-27(28(19-23)45-3)48-22-31(41)39-17-9-10-18-39/h6-8,11-16,19-21,34H,5,9-10,17-18,22H2,1-4H3/b30-20+/t34-/m1/s1. The molecule has 6 rings (SSSR count). The molecule has 3 heterocycles. The number of carbonyl (C=O) groups excluding carboxylic acids is 2. The first-order chi connectivity index (χ1) is 23.9. The summed E-state index contributed by atoms with van der Waals surface area (Å²) in [6.07, 6.45) is 3.75. The molecule has 0 bridgehead atoms. The maximum atomic E-state index is 14.3. The second-order valence-electron chi connectivity index (χ2n) is 11.3. The van der Waals surface area contributed by atoms with Crippen molar-refractivity contribution in [3.63, 3.8) is 0 Å². The van der Waals surface area contributed by atoms with Gasteiger partial charge in [0.15, 0.2) is 34.4 Å². The Balaban J connectivity index is 1.47. The third-order valence-corrected chi connectivity index (χ3v) is 9.38. The molecule has 49 heavy (non-hydrogen) atoms. The van der Waals surface area contributed by atoms with Gasteiger partial charge in [0.1, 0.15) is 0 Å². The number of thiazole rings is 1. The van der Waals surface area contributed by atoms with Gasteiger partial charge in [-0.2, -0.15) is 0 Å². The third kappa shape index (κ3) is 6.82. The highest BCUT2D eigenvalue weighted by atomic mass is 32.1. The smallest absolute Gasteiger partial charge is 0.338 e. The van der Waals surface area contributed by atoms with Crippen molar-refractivity contribution >= 4 is 35.0 Å². The van der Waals surface area contributed by atoms with Gasteiger partial charge in [-0.3, -0.25) is 14.2 Å². The Morgan fingerprint density at radius 1 is 0.898 bits per heavy atom. The van der Waals surface area contributed by atoms with Crippen molar-refractivity contribution in [1.29, 1.82) is 0 Å². The average Bonchev–Trinajstić information content (AvgIpc) is 3.78. The van der Waals surface area contributed by atoms with Crippen LogP contribution >= 0.6 is 11.3 Å². The van der Waals surface area contributed by atoms with Crippen LogP contribution in [0.25, 0.3) is 11.8 Å². The van der Waals surface area contributed by atoms with Crippen molar-refractivity contribution in [3.8, 4) is 23.0 Å². The summed E-state index contributed by atoms with van der Waals surface area (Å²) in [6, 6.07) is 19.0. The van der Waals surface area contributed by atoms with Crippen molar-refractivity contribution < 1.29 is 33.3 Å². The molecule has 254 valence electrons. The normalized spacial score (nSPS) is 15.8. The highest BCUT2D eigenvalue weighted by Crippen LogP contribution is 2.38. The van der Waals surface area contributed by atoms with Crippen LogP contribution in [0, 0.1) is 0 Å². The van der Waals surface area contributed by atoms with E-state index in [1.165, 1.54) is 30.1 Å². The molecule has 1 fully saturated rings. The van der Waals surface area contributed by atoms with Crippen LogP contribution in [-0.4, -0.2) is 69.0 Å². The molecule has 0 saturated carbocycles. The van der Waals surface area contributed by atoms with Crippen LogP contribution in [0.3, 0.4) is 0 Å². The highest BCUT2D eigenvalue weighted by molar-refractivity contribution is 7.07. The molecule has 4 aromatic rings. The number of hydrogen-bond donors (Lipinski definition) is 0. The quantitative estimate of drug-likeness (QED) is 0.218. The van der Waals surface area contributed by atoms with E-state index in [0.29, 0.717) is 54.7 Å². The molecule has 0 radical (unpaired) electrons. The first-order valence-corrected chi connectivity index (χ1v) is 16.8. The van der Waals surface area contributed by atoms with Gasteiger partial charge in [-0.1, -0.05) is 53.8 Å². The lowest BCUT2D eigenvalue weighted by molar-refractivity contribution is -0.139. The number of hydrogen-bond acceptors (Lipinski definition) is 10. The third-order valence-electron chi connectivity index (χ3n) is 8.39. The monoisotopic (exact) mass is 683 g/mol. The summed E-state index contributed by atoms with van der Waals surface area (Å²) >= 11 is 1.21. The fourth-order valence-electron chi connectivity index (χ4n) is 6.02. The van der Waals surface area contributed by atoms with Crippen LogP contribution in [0.15, 0.2) is 82.1 Å². The molecule has 0 unspecified atom stereocenters. The van der Waals surface area contributed by atoms with E-state index in [4.69, 9.17) is 28.7 Å². The van der Waals surface area contributed by atoms with E-state index in [1.807, 2.05) is 30.3 Å². The zero-order chi connectivity index (χ0) is 34.5. The summed E-state index contributed by atoms with van der Waals surface area (Å²) in [7, 11) is 4.59. The van der Waals surface area contributed by atoms with E-state index in [2.05, 4.69) is 0 Å². The number of amides is 1.